The maximum atomic E-state index is 5.85. The number of hydrogen-bond donors (Lipinski definition) is 1. The van der Waals surface area contributed by atoms with E-state index in [0.717, 1.165) is 18.0 Å². The fraction of sp³-hybridized carbons (Fsp3) is 0.462. The van der Waals surface area contributed by atoms with Gasteiger partial charge in [-0.2, -0.15) is 5.10 Å². The van der Waals surface area contributed by atoms with Gasteiger partial charge < -0.3 is 9.73 Å². The van der Waals surface area contributed by atoms with Gasteiger partial charge in [0, 0.05) is 12.2 Å². The Morgan fingerprint density at radius 1 is 1.39 bits per heavy atom. The Hall–Kier alpha value is -1.26. The van der Waals surface area contributed by atoms with Crippen LogP contribution in [0.5, 0.6) is 0 Å². The Balaban J connectivity index is 2.38. The quantitative estimate of drug-likeness (QED) is 0.903. The number of halogens is 1. The van der Waals surface area contributed by atoms with Crippen LogP contribution in [0.3, 0.4) is 0 Å². The highest BCUT2D eigenvalue weighted by atomic mass is 35.5. The summed E-state index contributed by atoms with van der Waals surface area (Å²) in [6, 6.07) is 5.95. The number of hydrogen-bond acceptors (Lipinski definition) is 3. The van der Waals surface area contributed by atoms with Gasteiger partial charge in [0.25, 0.3) is 0 Å². The third-order valence-corrected chi connectivity index (χ3v) is 2.98. The molecule has 4 nitrogen and oxygen atoms in total. The van der Waals surface area contributed by atoms with Crippen molar-refractivity contribution in [3.63, 3.8) is 0 Å². The molecule has 98 valence electrons. The van der Waals surface area contributed by atoms with Crippen LogP contribution in [-0.2, 0) is 0 Å². The maximum Gasteiger partial charge on any atom is 0.193 e. The second-order valence-electron chi connectivity index (χ2n) is 4.43. The van der Waals surface area contributed by atoms with Crippen molar-refractivity contribution in [1.82, 2.24) is 15.1 Å². The topological polar surface area (TPSA) is 43.0 Å². The summed E-state index contributed by atoms with van der Waals surface area (Å²) in [7, 11) is 0. The van der Waals surface area contributed by atoms with Gasteiger partial charge in [-0.1, -0.05) is 6.92 Å². The molecule has 2 aromatic heterocycles. The summed E-state index contributed by atoms with van der Waals surface area (Å²) in [5.74, 6) is 0.809. The van der Waals surface area contributed by atoms with Crippen molar-refractivity contribution in [2.75, 3.05) is 6.54 Å². The molecule has 5 heteroatoms. The lowest BCUT2D eigenvalue weighted by Crippen LogP contribution is -2.25. The molecule has 2 heterocycles. The van der Waals surface area contributed by atoms with Crippen LogP contribution in [0.25, 0.3) is 0 Å². The maximum absolute atomic E-state index is 5.85. The number of aromatic nitrogens is 2. The van der Waals surface area contributed by atoms with E-state index in [-0.39, 0.29) is 6.04 Å². The third kappa shape index (κ3) is 2.60. The first kappa shape index (κ1) is 13.2. The van der Waals surface area contributed by atoms with Gasteiger partial charge in [0.15, 0.2) is 5.22 Å². The molecule has 0 aliphatic carbocycles. The van der Waals surface area contributed by atoms with Crippen LogP contribution in [0.1, 0.15) is 44.3 Å². The fourth-order valence-electron chi connectivity index (χ4n) is 2.02. The van der Waals surface area contributed by atoms with Crippen molar-refractivity contribution in [3.05, 3.63) is 41.1 Å². The predicted molar refractivity (Wildman–Crippen MR) is 71.8 cm³/mol. The molecule has 0 saturated heterocycles. The second kappa shape index (κ2) is 5.59. The van der Waals surface area contributed by atoms with E-state index in [2.05, 4.69) is 31.2 Å². The van der Waals surface area contributed by atoms with Crippen molar-refractivity contribution in [1.29, 1.82) is 0 Å². The molecule has 0 aromatic carbocycles. The highest BCUT2D eigenvalue weighted by Gasteiger charge is 2.21. The molecule has 2 aromatic rings. The molecule has 0 aliphatic heterocycles. The first-order chi connectivity index (χ1) is 8.63. The molecule has 2 rings (SSSR count). The molecule has 1 N–H and O–H groups in total. The zero-order chi connectivity index (χ0) is 13.1. The predicted octanol–water partition coefficient (Wildman–Crippen LogP) is 3.41. The number of nitrogens with one attached hydrogen (secondary N) is 1. The smallest absolute Gasteiger partial charge is 0.193 e. The van der Waals surface area contributed by atoms with Crippen LogP contribution < -0.4 is 5.32 Å². The molecule has 0 spiro atoms. The lowest BCUT2D eigenvalue weighted by atomic mass is 10.1. The molecule has 18 heavy (non-hydrogen) atoms. The Labute approximate surface area is 112 Å². The fourth-order valence-corrected chi connectivity index (χ4v) is 2.18. The summed E-state index contributed by atoms with van der Waals surface area (Å²) in [4.78, 5) is 0. The van der Waals surface area contributed by atoms with Gasteiger partial charge in [-0.15, -0.1) is 0 Å². The zero-order valence-corrected chi connectivity index (χ0v) is 11.6. The molecule has 0 aliphatic rings. The van der Waals surface area contributed by atoms with E-state index < -0.39 is 0 Å². The first-order valence-corrected chi connectivity index (χ1v) is 6.53. The standard InChI is InChI=1S/C13H18ClN3O/c1-4-15-13(11-5-6-12(14)18-11)10-7-8-16-17(10)9(2)3/h5-9,13,15H,4H2,1-3H3. The first-order valence-electron chi connectivity index (χ1n) is 6.15. The SMILES string of the molecule is CCNC(c1ccc(Cl)o1)c1ccnn1C(C)C. The van der Waals surface area contributed by atoms with Crippen molar-refractivity contribution in [3.8, 4) is 0 Å². The molecule has 0 amide bonds. The average molecular weight is 268 g/mol. The molecule has 0 saturated carbocycles. The minimum atomic E-state index is -0.0209. The van der Waals surface area contributed by atoms with Crippen molar-refractivity contribution in [2.24, 2.45) is 0 Å². The summed E-state index contributed by atoms with van der Waals surface area (Å²) < 4.78 is 7.51. The van der Waals surface area contributed by atoms with Crippen LogP contribution >= 0.6 is 11.6 Å². The Bertz CT molecular complexity index is 504. The van der Waals surface area contributed by atoms with Gasteiger partial charge in [0.05, 0.1) is 5.69 Å². The molecule has 0 fully saturated rings. The largest absolute Gasteiger partial charge is 0.448 e. The number of furan rings is 1. The van der Waals surface area contributed by atoms with Crippen LogP contribution in [0, 0.1) is 0 Å². The third-order valence-electron chi connectivity index (χ3n) is 2.77. The Morgan fingerprint density at radius 3 is 2.72 bits per heavy atom. The lowest BCUT2D eigenvalue weighted by molar-refractivity contribution is 0.417. The minimum Gasteiger partial charge on any atom is -0.448 e. The van der Waals surface area contributed by atoms with Gasteiger partial charge in [0.2, 0.25) is 0 Å². The van der Waals surface area contributed by atoms with E-state index in [9.17, 15) is 0 Å². The van der Waals surface area contributed by atoms with E-state index in [1.165, 1.54) is 0 Å². The van der Waals surface area contributed by atoms with Crippen molar-refractivity contribution in [2.45, 2.75) is 32.9 Å². The van der Waals surface area contributed by atoms with Gasteiger partial charge >= 0.3 is 0 Å². The second-order valence-corrected chi connectivity index (χ2v) is 4.80. The summed E-state index contributed by atoms with van der Waals surface area (Å²) in [5.41, 5.74) is 1.08. The minimum absolute atomic E-state index is 0.0209. The van der Waals surface area contributed by atoms with Crippen LogP contribution in [0.15, 0.2) is 28.8 Å². The highest BCUT2D eigenvalue weighted by molar-refractivity contribution is 6.28. The monoisotopic (exact) mass is 267 g/mol. The Kier molecular flexibility index (Phi) is 4.09. The van der Waals surface area contributed by atoms with Gasteiger partial charge in [-0.05, 0) is 50.2 Å². The normalized spacial score (nSPS) is 13.2. The molecular weight excluding hydrogens is 250 g/mol. The zero-order valence-electron chi connectivity index (χ0n) is 10.9. The number of nitrogens with zero attached hydrogens (tertiary/aromatic N) is 2. The molecule has 1 atom stereocenters. The van der Waals surface area contributed by atoms with E-state index >= 15 is 0 Å². The van der Waals surface area contributed by atoms with Crippen molar-refractivity contribution < 1.29 is 4.42 Å². The number of rotatable bonds is 5. The van der Waals surface area contributed by atoms with E-state index in [1.807, 2.05) is 23.0 Å². The van der Waals surface area contributed by atoms with Crippen LogP contribution in [-0.4, -0.2) is 16.3 Å². The van der Waals surface area contributed by atoms with Crippen LogP contribution in [0.2, 0.25) is 5.22 Å². The summed E-state index contributed by atoms with van der Waals surface area (Å²) in [6.45, 7) is 7.11. The highest BCUT2D eigenvalue weighted by Crippen LogP contribution is 2.27. The summed E-state index contributed by atoms with van der Waals surface area (Å²) in [5, 5.41) is 8.16. The van der Waals surface area contributed by atoms with Gasteiger partial charge in [0.1, 0.15) is 11.8 Å². The molecule has 0 radical (unpaired) electrons. The van der Waals surface area contributed by atoms with Gasteiger partial charge in [-0.25, -0.2) is 0 Å². The van der Waals surface area contributed by atoms with Crippen molar-refractivity contribution >= 4 is 11.6 Å². The van der Waals surface area contributed by atoms with Gasteiger partial charge in [-0.3, -0.25) is 4.68 Å². The van der Waals surface area contributed by atoms with E-state index in [0.29, 0.717) is 11.3 Å². The average Bonchev–Trinajstić information content (AvgIpc) is 2.94. The summed E-state index contributed by atoms with van der Waals surface area (Å²) in [6.07, 6.45) is 1.81. The van der Waals surface area contributed by atoms with Crippen LogP contribution in [0.4, 0.5) is 0 Å². The lowest BCUT2D eigenvalue weighted by Gasteiger charge is -2.19. The summed E-state index contributed by atoms with van der Waals surface area (Å²) >= 11 is 5.85. The Morgan fingerprint density at radius 2 is 2.17 bits per heavy atom. The molecule has 1 unspecified atom stereocenters. The van der Waals surface area contributed by atoms with E-state index in [4.69, 9.17) is 16.0 Å². The molecule has 0 bridgehead atoms. The molecular formula is C13H18ClN3O. The van der Waals surface area contributed by atoms with E-state index in [1.54, 1.807) is 6.07 Å².